The molecule has 3 rings (SSSR count). The zero-order chi connectivity index (χ0) is 24.9. The molecule has 2 aromatic heterocycles. The molecule has 0 spiro atoms. The number of aryl methyl sites for hydroxylation is 1. The highest BCUT2D eigenvalue weighted by atomic mass is 32.2. The highest BCUT2D eigenvalue weighted by Gasteiger charge is 2.29. The number of sulfonamides is 1. The molecule has 0 bridgehead atoms. The molecule has 2 N–H and O–H groups in total. The van der Waals surface area contributed by atoms with Crippen LogP contribution in [0.2, 0.25) is 0 Å². The average Bonchev–Trinajstić information content (AvgIpc) is 3.24. The maximum atomic E-state index is 13.2. The van der Waals surface area contributed by atoms with Crippen LogP contribution < -0.4 is 15.4 Å². The SMILES string of the molecule is CCCc1cc(C(=O)NC)n(C(=O)Nc2cc(S(=O)(=O)N3CCN(C)CC3)cnc2OCC)n1. The number of hydrogen-bond donors (Lipinski definition) is 2. The monoisotopic (exact) mass is 493 g/mol. The molecular formula is C21H31N7O5S. The minimum absolute atomic E-state index is 0.0607. The minimum Gasteiger partial charge on any atom is -0.476 e. The van der Waals surface area contributed by atoms with Crippen LogP contribution in [0, 0.1) is 0 Å². The maximum Gasteiger partial charge on any atom is 0.347 e. The molecule has 0 radical (unpaired) electrons. The van der Waals surface area contributed by atoms with Crippen LogP contribution in [0.25, 0.3) is 0 Å². The summed E-state index contributed by atoms with van der Waals surface area (Å²) in [5, 5.41) is 9.35. The van der Waals surface area contributed by atoms with Crippen LogP contribution in [0.4, 0.5) is 10.5 Å². The molecule has 1 aliphatic heterocycles. The number of carbonyl (C=O) groups excluding carboxylic acids is 2. The summed E-state index contributed by atoms with van der Waals surface area (Å²) in [6, 6.07) is 2.13. The van der Waals surface area contributed by atoms with Crippen LogP contribution in [0.5, 0.6) is 5.88 Å². The van der Waals surface area contributed by atoms with Crippen molar-refractivity contribution >= 4 is 27.6 Å². The van der Waals surface area contributed by atoms with E-state index < -0.39 is 22.0 Å². The fraction of sp³-hybridized carbons (Fsp3) is 0.524. The number of pyridine rings is 1. The van der Waals surface area contributed by atoms with Crippen LogP contribution in [0.1, 0.15) is 36.5 Å². The summed E-state index contributed by atoms with van der Waals surface area (Å²) in [4.78, 5) is 31.5. The first kappa shape index (κ1) is 25.6. The van der Waals surface area contributed by atoms with Crippen molar-refractivity contribution in [3.8, 4) is 5.88 Å². The summed E-state index contributed by atoms with van der Waals surface area (Å²) >= 11 is 0. The smallest absolute Gasteiger partial charge is 0.347 e. The predicted octanol–water partition coefficient (Wildman–Crippen LogP) is 1.01. The first-order valence-corrected chi connectivity index (χ1v) is 12.6. The molecule has 2 amide bonds. The van der Waals surface area contributed by atoms with Crippen LogP contribution in [-0.2, 0) is 16.4 Å². The van der Waals surface area contributed by atoms with Gasteiger partial charge in [0.2, 0.25) is 15.9 Å². The second-order valence-corrected chi connectivity index (χ2v) is 9.79. The maximum absolute atomic E-state index is 13.2. The van der Waals surface area contributed by atoms with Gasteiger partial charge in [0.05, 0.1) is 18.5 Å². The summed E-state index contributed by atoms with van der Waals surface area (Å²) < 4.78 is 34.2. The Bertz CT molecular complexity index is 1140. The number of likely N-dealkylation sites (N-methyl/N-ethyl adjacent to an activating group) is 1. The van der Waals surface area contributed by atoms with E-state index in [-0.39, 0.29) is 28.8 Å². The predicted molar refractivity (Wildman–Crippen MR) is 126 cm³/mol. The fourth-order valence-electron chi connectivity index (χ4n) is 3.51. The van der Waals surface area contributed by atoms with Gasteiger partial charge in [-0.15, -0.1) is 0 Å². The number of aromatic nitrogens is 3. The van der Waals surface area contributed by atoms with E-state index in [1.165, 1.54) is 23.6 Å². The van der Waals surface area contributed by atoms with E-state index in [0.717, 1.165) is 11.1 Å². The molecule has 186 valence electrons. The highest BCUT2D eigenvalue weighted by molar-refractivity contribution is 7.89. The van der Waals surface area contributed by atoms with Crippen molar-refractivity contribution in [2.45, 2.75) is 31.6 Å². The summed E-state index contributed by atoms with van der Waals surface area (Å²) in [5.74, 6) is -0.407. The van der Waals surface area contributed by atoms with Crippen molar-refractivity contribution in [3.05, 3.63) is 29.7 Å². The summed E-state index contributed by atoms with van der Waals surface area (Å²) in [6.07, 6.45) is 2.60. The molecule has 34 heavy (non-hydrogen) atoms. The van der Waals surface area contributed by atoms with Crippen LogP contribution in [0.3, 0.4) is 0 Å². The lowest BCUT2D eigenvalue weighted by Crippen LogP contribution is -2.47. The van der Waals surface area contributed by atoms with Gasteiger partial charge in [-0.1, -0.05) is 13.3 Å². The lowest BCUT2D eigenvalue weighted by atomic mass is 10.2. The first-order valence-electron chi connectivity index (χ1n) is 11.1. The minimum atomic E-state index is -3.82. The molecule has 0 unspecified atom stereocenters. The number of piperazine rings is 1. The van der Waals surface area contributed by atoms with Crippen LogP contribution in [0.15, 0.2) is 23.2 Å². The van der Waals surface area contributed by atoms with Gasteiger partial charge in [0.25, 0.3) is 5.91 Å². The molecule has 1 saturated heterocycles. The van der Waals surface area contributed by atoms with E-state index >= 15 is 0 Å². The Morgan fingerprint density at radius 2 is 1.85 bits per heavy atom. The molecule has 0 atom stereocenters. The van der Waals surface area contributed by atoms with Gasteiger partial charge in [0.1, 0.15) is 16.3 Å². The van der Waals surface area contributed by atoms with Crippen molar-refractivity contribution in [1.29, 1.82) is 0 Å². The van der Waals surface area contributed by atoms with Crippen molar-refractivity contribution in [2.75, 3.05) is 52.2 Å². The second kappa shape index (κ2) is 10.9. The first-order chi connectivity index (χ1) is 16.2. The zero-order valence-electron chi connectivity index (χ0n) is 19.9. The van der Waals surface area contributed by atoms with Gasteiger partial charge in [0, 0.05) is 33.2 Å². The third kappa shape index (κ3) is 5.54. The Hall–Kier alpha value is -3.03. The van der Waals surface area contributed by atoms with Crippen molar-refractivity contribution in [1.82, 2.24) is 29.3 Å². The van der Waals surface area contributed by atoms with E-state index in [1.54, 1.807) is 13.0 Å². The standard InChI is InChI=1S/C21H31N7O5S/c1-5-7-15-12-18(19(29)22-3)28(25-15)21(30)24-17-13-16(14-23-20(17)33-6-2)34(31,32)27-10-8-26(4)9-11-27/h12-14H,5-11H2,1-4H3,(H,22,29)(H,24,30). The highest BCUT2D eigenvalue weighted by Crippen LogP contribution is 2.27. The molecular weight excluding hydrogens is 462 g/mol. The van der Waals surface area contributed by atoms with E-state index in [9.17, 15) is 18.0 Å². The Morgan fingerprint density at radius 3 is 2.47 bits per heavy atom. The second-order valence-electron chi connectivity index (χ2n) is 7.86. The third-order valence-corrected chi connectivity index (χ3v) is 7.23. The molecule has 0 aliphatic carbocycles. The lowest BCUT2D eigenvalue weighted by molar-refractivity contribution is 0.0954. The van der Waals surface area contributed by atoms with E-state index in [2.05, 4.69) is 25.6 Å². The topological polar surface area (TPSA) is 139 Å². The number of amides is 2. The lowest BCUT2D eigenvalue weighted by Gasteiger charge is -2.31. The summed E-state index contributed by atoms with van der Waals surface area (Å²) in [7, 11) is -0.424. The van der Waals surface area contributed by atoms with Gasteiger partial charge >= 0.3 is 6.03 Å². The molecule has 12 nitrogen and oxygen atoms in total. The number of anilines is 1. The number of hydrogen-bond acceptors (Lipinski definition) is 8. The average molecular weight is 494 g/mol. The molecule has 1 fully saturated rings. The molecule has 2 aromatic rings. The van der Waals surface area contributed by atoms with Gasteiger partial charge in [-0.05, 0) is 32.5 Å². The fourth-order valence-corrected chi connectivity index (χ4v) is 4.91. The number of ether oxygens (including phenoxy) is 1. The molecule has 0 saturated carbocycles. The van der Waals surface area contributed by atoms with Gasteiger partial charge in [-0.3, -0.25) is 4.79 Å². The number of nitrogens with zero attached hydrogens (tertiary/aromatic N) is 5. The Balaban J connectivity index is 1.94. The van der Waals surface area contributed by atoms with E-state index in [4.69, 9.17) is 4.74 Å². The van der Waals surface area contributed by atoms with Gasteiger partial charge < -0.3 is 20.3 Å². The molecule has 13 heteroatoms. The third-order valence-electron chi connectivity index (χ3n) is 5.37. The van der Waals surface area contributed by atoms with E-state index in [0.29, 0.717) is 38.3 Å². The summed E-state index contributed by atoms with van der Waals surface area (Å²) in [5.41, 5.74) is 0.721. The molecule has 0 aromatic carbocycles. The normalized spacial score (nSPS) is 15.2. The van der Waals surface area contributed by atoms with Crippen molar-refractivity contribution in [3.63, 3.8) is 0 Å². The molecule has 1 aliphatic rings. The van der Waals surface area contributed by atoms with E-state index in [1.807, 2.05) is 14.0 Å². The van der Waals surface area contributed by atoms with Gasteiger partial charge in [0.15, 0.2) is 0 Å². The quantitative estimate of drug-likeness (QED) is 0.555. The summed E-state index contributed by atoms with van der Waals surface area (Å²) in [6.45, 7) is 5.92. The number of carbonyl (C=O) groups is 2. The number of rotatable bonds is 8. The zero-order valence-corrected chi connectivity index (χ0v) is 20.7. The van der Waals surface area contributed by atoms with Crippen molar-refractivity contribution in [2.24, 2.45) is 0 Å². The largest absolute Gasteiger partial charge is 0.476 e. The van der Waals surface area contributed by atoms with Crippen LogP contribution >= 0.6 is 0 Å². The molecule has 3 heterocycles. The van der Waals surface area contributed by atoms with Gasteiger partial charge in [-0.2, -0.15) is 14.1 Å². The Morgan fingerprint density at radius 1 is 1.15 bits per heavy atom. The van der Waals surface area contributed by atoms with Crippen molar-refractivity contribution < 1.29 is 22.7 Å². The number of nitrogens with one attached hydrogen (secondary N) is 2. The van der Waals surface area contributed by atoms with Crippen LogP contribution in [-0.4, -0.2) is 91.2 Å². The Labute approximate surface area is 199 Å². The van der Waals surface area contributed by atoms with Gasteiger partial charge in [-0.25, -0.2) is 18.2 Å². The Kier molecular flexibility index (Phi) is 8.23.